The number of aromatic nitrogens is 3. The minimum atomic E-state index is -0.230. The van der Waals surface area contributed by atoms with Gasteiger partial charge in [0.05, 0.1) is 11.6 Å². The molecule has 0 atom stereocenters. The highest BCUT2D eigenvalue weighted by Crippen LogP contribution is 2.39. The Labute approximate surface area is 231 Å². The molecule has 0 unspecified atom stereocenters. The van der Waals surface area contributed by atoms with Crippen molar-refractivity contribution in [2.75, 3.05) is 30.8 Å². The number of nitriles is 1. The molecule has 40 heavy (non-hydrogen) atoms. The van der Waals surface area contributed by atoms with Gasteiger partial charge in [0.15, 0.2) is 5.75 Å². The Hall–Kier alpha value is -5.07. The number of hydrogen-bond acceptors (Lipinski definition) is 6. The van der Waals surface area contributed by atoms with Gasteiger partial charge in [0, 0.05) is 34.3 Å². The van der Waals surface area contributed by atoms with Crippen molar-refractivity contribution in [3.05, 3.63) is 90.0 Å². The summed E-state index contributed by atoms with van der Waals surface area (Å²) in [6.45, 7) is 2.18. The molecule has 1 amide bonds. The Kier molecular flexibility index (Phi) is 6.91. The van der Waals surface area contributed by atoms with E-state index in [1.807, 2.05) is 48.5 Å². The van der Waals surface area contributed by atoms with Crippen LogP contribution in [-0.4, -0.2) is 52.2 Å². The van der Waals surface area contributed by atoms with Gasteiger partial charge in [-0.1, -0.05) is 12.1 Å². The number of nitrogens with one attached hydrogen (secondary N) is 4. The van der Waals surface area contributed by atoms with E-state index in [9.17, 15) is 4.79 Å². The molecule has 2 aromatic heterocycles. The van der Waals surface area contributed by atoms with Crippen molar-refractivity contribution in [1.82, 2.24) is 20.1 Å². The Balaban J connectivity index is 1.17. The first-order valence-corrected chi connectivity index (χ1v) is 13.3. The fourth-order valence-corrected chi connectivity index (χ4v) is 4.93. The zero-order chi connectivity index (χ0) is 27.5. The molecular weight excluding hydrogens is 502 g/mol. The van der Waals surface area contributed by atoms with Gasteiger partial charge in [-0.05, 0) is 93.6 Å². The van der Waals surface area contributed by atoms with Gasteiger partial charge in [-0.15, -0.1) is 0 Å². The summed E-state index contributed by atoms with van der Waals surface area (Å²) in [5.41, 5.74) is 4.29. The van der Waals surface area contributed by atoms with E-state index in [1.165, 1.54) is 0 Å². The quantitative estimate of drug-likeness (QED) is 0.205. The van der Waals surface area contributed by atoms with Gasteiger partial charge in [0.25, 0.3) is 5.91 Å². The lowest BCUT2D eigenvalue weighted by Crippen LogP contribution is -2.36. The van der Waals surface area contributed by atoms with Crippen LogP contribution in [0.25, 0.3) is 22.3 Å². The van der Waals surface area contributed by atoms with Crippen LogP contribution < -0.4 is 15.4 Å². The van der Waals surface area contributed by atoms with Crippen LogP contribution in [0.5, 0.6) is 11.5 Å². The second-order valence-electron chi connectivity index (χ2n) is 10.0. The number of carbonyl (C=O) groups excluding carboxylic acids is 1. The molecular formula is C31H29N7O2. The molecule has 200 valence electrons. The van der Waals surface area contributed by atoms with Crippen LogP contribution in [0.2, 0.25) is 0 Å². The van der Waals surface area contributed by atoms with Crippen LogP contribution in [0.3, 0.4) is 0 Å². The van der Waals surface area contributed by atoms with Gasteiger partial charge < -0.3 is 25.3 Å². The number of rotatable bonds is 7. The predicted octanol–water partition coefficient (Wildman–Crippen LogP) is 5.98. The zero-order valence-corrected chi connectivity index (χ0v) is 22.1. The molecule has 0 bridgehead atoms. The second-order valence-corrected chi connectivity index (χ2v) is 10.0. The maximum absolute atomic E-state index is 13.0. The number of para-hydroxylation sites is 1. The lowest BCUT2D eigenvalue weighted by molar-refractivity contribution is 0.102. The van der Waals surface area contributed by atoms with Crippen LogP contribution in [-0.2, 0) is 0 Å². The number of benzene rings is 3. The van der Waals surface area contributed by atoms with E-state index in [1.54, 1.807) is 30.3 Å². The monoisotopic (exact) mass is 531 g/mol. The number of ether oxygens (including phenoxy) is 1. The van der Waals surface area contributed by atoms with Gasteiger partial charge in [0.1, 0.15) is 23.0 Å². The lowest BCUT2D eigenvalue weighted by Gasteiger charge is -2.30. The molecule has 0 radical (unpaired) electrons. The van der Waals surface area contributed by atoms with E-state index in [4.69, 9.17) is 10.00 Å². The largest absolute Gasteiger partial charge is 0.454 e. The molecule has 0 saturated carbocycles. The summed E-state index contributed by atoms with van der Waals surface area (Å²) in [7, 11) is 2.15. The Morgan fingerprint density at radius 3 is 2.55 bits per heavy atom. The van der Waals surface area contributed by atoms with Crippen LogP contribution >= 0.6 is 0 Å². The number of fused-ring (bicyclic) bond motifs is 1. The molecule has 6 rings (SSSR count). The van der Waals surface area contributed by atoms with Crippen LogP contribution in [0.1, 0.15) is 28.8 Å². The number of amides is 1. The molecule has 1 saturated heterocycles. The Morgan fingerprint density at radius 1 is 1.05 bits per heavy atom. The van der Waals surface area contributed by atoms with Crippen molar-refractivity contribution in [3.63, 3.8) is 0 Å². The molecule has 1 aliphatic rings. The smallest absolute Gasteiger partial charge is 0.256 e. The molecule has 0 spiro atoms. The molecule has 9 nitrogen and oxygen atoms in total. The summed E-state index contributed by atoms with van der Waals surface area (Å²) in [5, 5.41) is 23.8. The molecule has 1 aliphatic heterocycles. The van der Waals surface area contributed by atoms with E-state index in [0.29, 0.717) is 45.9 Å². The zero-order valence-electron chi connectivity index (χ0n) is 22.1. The summed E-state index contributed by atoms with van der Waals surface area (Å²) < 4.78 is 6.26. The minimum absolute atomic E-state index is 0.230. The standard InChI is InChI=1S/C31H29N7O2/c1-38-16-14-23(15-17-38)33-22-10-8-21(9-11-22)31(39)35-28-18-27(36-37-28)29-30(25-4-2-3-5-26(25)34-29)40-24-12-6-20(19-32)7-13-24/h2-13,18,23,33-34H,14-17H2,1H3,(H2,35,36,37,39). The Bertz CT molecular complexity index is 1670. The third-order valence-electron chi connectivity index (χ3n) is 7.18. The third kappa shape index (κ3) is 5.39. The van der Waals surface area contributed by atoms with Crippen molar-refractivity contribution in [1.29, 1.82) is 5.26 Å². The van der Waals surface area contributed by atoms with Crippen molar-refractivity contribution < 1.29 is 9.53 Å². The topological polar surface area (TPSA) is 122 Å². The first kappa shape index (κ1) is 25.2. The lowest BCUT2D eigenvalue weighted by atomic mass is 10.0. The van der Waals surface area contributed by atoms with E-state index in [-0.39, 0.29) is 5.91 Å². The highest BCUT2D eigenvalue weighted by molar-refractivity contribution is 6.04. The highest BCUT2D eigenvalue weighted by Gasteiger charge is 2.19. The molecule has 1 fully saturated rings. The van der Waals surface area contributed by atoms with Crippen molar-refractivity contribution >= 4 is 28.3 Å². The number of hydrogen-bond donors (Lipinski definition) is 4. The van der Waals surface area contributed by atoms with Gasteiger partial charge in [0.2, 0.25) is 0 Å². The van der Waals surface area contributed by atoms with E-state index in [2.05, 4.69) is 43.8 Å². The van der Waals surface area contributed by atoms with E-state index in [0.717, 1.165) is 42.5 Å². The number of aromatic amines is 2. The SMILES string of the molecule is CN1CCC(Nc2ccc(C(=O)Nc3cc(-c4[nH]c5ccccc5c4Oc4ccc(C#N)cc4)n[nH]3)cc2)CC1. The molecule has 0 aliphatic carbocycles. The average Bonchev–Trinajstić information content (AvgIpc) is 3.59. The molecule has 5 aromatic rings. The van der Waals surface area contributed by atoms with Gasteiger partial charge in [-0.3, -0.25) is 9.89 Å². The fraction of sp³-hybridized carbons (Fsp3) is 0.194. The first-order chi connectivity index (χ1) is 19.6. The van der Waals surface area contributed by atoms with Crippen molar-refractivity contribution in [2.45, 2.75) is 18.9 Å². The number of likely N-dealkylation sites (tertiary alicyclic amines) is 1. The summed E-state index contributed by atoms with van der Waals surface area (Å²) in [6.07, 6.45) is 2.22. The first-order valence-electron chi connectivity index (χ1n) is 13.3. The van der Waals surface area contributed by atoms with Crippen LogP contribution in [0.15, 0.2) is 78.9 Å². The van der Waals surface area contributed by atoms with Gasteiger partial charge in [-0.2, -0.15) is 10.4 Å². The number of H-pyrrole nitrogens is 2. The molecule has 3 heterocycles. The van der Waals surface area contributed by atoms with Gasteiger partial charge >= 0.3 is 0 Å². The third-order valence-corrected chi connectivity index (χ3v) is 7.18. The summed E-state index contributed by atoms with van der Waals surface area (Å²) in [4.78, 5) is 18.7. The average molecular weight is 532 g/mol. The van der Waals surface area contributed by atoms with E-state index >= 15 is 0 Å². The normalized spacial score (nSPS) is 14.1. The number of anilines is 2. The predicted molar refractivity (Wildman–Crippen MR) is 156 cm³/mol. The van der Waals surface area contributed by atoms with Crippen molar-refractivity contribution in [2.24, 2.45) is 0 Å². The number of carbonyl (C=O) groups is 1. The van der Waals surface area contributed by atoms with E-state index < -0.39 is 0 Å². The molecule has 3 aromatic carbocycles. The maximum Gasteiger partial charge on any atom is 0.256 e. The number of nitrogens with zero attached hydrogens (tertiary/aromatic N) is 3. The van der Waals surface area contributed by atoms with Crippen molar-refractivity contribution in [3.8, 4) is 29.0 Å². The Morgan fingerprint density at radius 2 is 1.80 bits per heavy atom. The molecule has 9 heteroatoms. The summed E-state index contributed by atoms with van der Waals surface area (Å²) in [5.74, 6) is 1.45. The van der Waals surface area contributed by atoms with Crippen LogP contribution in [0.4, 0.5) is 11.5 Å². The second kappa shape index (κ2) is 11.0. The maximum atomic E-state index is 13.0. The number of piperidine rings is 1. The van der Waals surface area contributed by atoms with Crippen LogP contribution in [0, 0.1) is 11.3 Å². The fourth-order valence-electron chi connectivity index (χ4n) is 4.93. The highest BCUT2D eigenvalue weighted by atomic mass is 16.5. The summed E-state index contributed by atoms with van der Waals surface area (Å²) >= 11 is 0. The molecule has 4 N–H and O–H groups in total. The minimum Gasteiger partial charge on any atom is -0.454 e. The van der Waals surface area contributed by atoms with Gasteiger partial charge in [-0.25, -0.2) is 0 Å². The summed E-state index contributed by atoms with van der Waals surface area (Å²) in [6, 6.07) is 26.6.